The third-order valence-corrected chi connectivity index (χ3v) is 5.40. The smallest absolute Gasteiger partial charge is 0.226 e. The van der Waals surface area contributed by atoms with Crippen LogP contribution in [0.25, 0.3) is 0 Å². The van der Waals surface area contributed by atoms with E-state index in [4.69, 9.17) is 10.00 Å². The molecular formula is C20H24N4O2S. The summed E-state index contributed by atoms with van der Waals surface area (Å²) in [6.07, 6.45) is 0.429. The minimum Gasteiger partial charge on any atom is -0.492 e. The van der Waals surface area contributed by atoms with Crippen molar-refractivity contribution >= 4 is 27.9 Å². The monoisotopic (exact) mass is 384 g/mol. The number of piperazine rings is 1. The molecule has 27 heavy (non-hydrogen) atoms. The van der Waals surface area contributed by atoms with Gasteiger partial charge in [0, 0.05) is 39.1 Å². The molecule has 6 nitrogen and oxygen atoms in total. The molecule has 1 aliphatic heterocycles. The molecule has 2 heterocycles. The summed E-state index contributed by atoms with van der Waals surface area (Å²) in [6.45, 7) is 7.02. The van der Waals surface area contributed by atoms with Crippen molar-refractivity contribution in [3.8, 4) is 11.8 Å². The lowest BCUT2D eigenvalue weighted by atomic mass is 10.2. The summed E-state index contributed by atoms with van der Waals surface area (Å²) < 4.78 is 5.73. The fourth-order valence-electron chi connectivity index (χ4n) is 3.15. The molecule has 0 atom stereocenters. The van der Waals surface area contributed by atoms with Crippen LogP contribution in [0.1, 0.15) is 18.9 Å². The second-order valence-corrected chi connectivity index (χ2v) is 7.22. The first-order chi connectivity index (χ1) is 13.2. The van der Waals surface area contributed by atoms with E-state index < -0.39 is 0 Å². The van der Waals surface area contributed by atoms with Gasteiger partial charge in [-0.25, -0.2) is 0 Å². The van der Waals surface area contributed by atoms with Crippen molar-refractivity contribution in [2.45, 2.75) is 13.3 Å². The maximum atomic E-state index is 12.2. The fraction of sp³-hybridized carbons (Fsp3) is 0.400. The van der Waals surface area contributed by atoms with Gasteiger partial charge in [0.15, 0.2) is 0 Å². The van der Waals surface area contributed by atoms with Gasteiger partial charge in [0.05, 0.1) is 17.9 Å². The molecule has 1 aliphatic rings. The van der Waals surface area contributed by atoms with Crippen LogP contribution in [0.3, 0.4) is 0 Å². The number of hydrogen-bond donors (Lipinski definition) is 1. The van der Waals surface area contributed by atoms with E-state index in [2.05, 4.69) is 27.3 Å². The van der Waals surface area contributed by atoms with Gasteiger partial charge in [-0.3, -0.25) is 9.69 Å². The summed E-state index contributed by atoms with van der Waals surface area (Å²) in [5.41, 5.74) is 1.66. The van der Waals surface area contributed by atoms with E-state index in [1.54, 1.807) is 6.07 Å². The molecule has 1 N–H and O–H groups in total. The van der Waals surface area contributed by atoms with Crippen LogP contribution in [0, 0.1) is 11.3 Å². The lowest BCUT2D eigenvalue weighted by molar-refractivity contribution is -0.116. The molecular weight excluding hydrogens is 360 g/mol. The van der Waals surface area contributed by atoms with Crippen LogP contribution in [0.15, 0.2) is 35.7 Å². The summed E-state index contributed by atoms with van der Waals surface area (Å²) >= 11 is 1.38. The Morgan fingerprint density at radius 2 is 2.04 bits per heavy atom. The Morgan fingerprint density at radius 1 is 1.26 bits per heavy atom. The predicted octanol–water partition coefficient (Wildman–Crippen LogP) is 3.17. The topological polar surface area (TPSA) is 68.6 Å². The van der Waals surface area contributed by atoms with Crippen molar-refractivity contribution in [3.05, 3.63) is 41.3 Å². The van der Waals surface area contributed by atoms with Gasteiger partial charge in [-0.15, -0.1) is 11.3 Å². The molecule has 0 saturated carbocycles. The lowest BCUT2D eigenvalue weighted by Crippen LogP contribution is -2.47. The first-order valence-electron chi connectivity index (χ1n) is 9.18. The highest BCUT2D eigenvalue weighted by molar-refractivity contribution is 7.14. The molecule has 3 rings (SSSR count). The number of anilines is 2. The van der Waals surface area contributed by atoms with E-state index in [-0.39, 0.29) is 5.91 Å². The van der Waals surface area contributed by atoms with E-state index in [0.29, 0.717) is 23.6 Å². The SMILES string of the molecule is CCOc1ccccc1N1CCN(CCC(=O)Nc2sccc2C#N)CC1. The molecule has 2 aromatic rings. The van der Waals surface area contributed by atoms with Gasteiger partial charge in [-0.05, 0) is 30.5 Å². The maximum Gasteiger partial charge on any atom is 0.226 e. The molecule has 142 valence electrons. The van der Waals surface area contributed by atoms with E-state index in [1.165, 1.54) is 11.3 Å². The zero-order valence-electron chi connectivity index (χ0n) is 15.5. The fourth-order valence-corrected chi connectivity index (χ4v) is 3.90. The van der Waals surface area contributed by atoms with Crippen LogP contribution in [0.4, 0.5) is 10.7 Å². The van der Waals surface area contributed by atoms with E-state index >= 15 is 0 Å². The average molecular weight is 385 g/mol. The zero-order chi connectivity index (χ0) is 19.1. The first-order valence-corrected chi connectivity index (χ1v) is 10.1. The molecule has 7 heteroatoms. The number of hydrogen-bond acceptors (Lipinski definition) is 6. The van der Waals surface area contributed by atoms with Crippen molar-refractivity contribution < 1.29 is 9.53 Å². The maximum absolute atomic E-state index is 12.2. The Balaban J connectivity index is 1.46. The summed E-state index contributed by atoms with van der Waals surface area (Å²) in [6, 6.07) is 12.0. The largest absolute Gasteiger partial charge is 0.492 e. The number of thiophene rings is 1. The number of nitriles is 1. The molecule has 0 bridgehead atoms. The highest BCUT2D eigenvalue weighted by atomic mass is 32.1. The molecule has 1 amide bonds. The number of carbonyl (C=O) groups is 1. The molecule has 1 fully saturated rings. The van der Waals surface area contributed by atoms with Gasteiger partial charge in [-0.2, -0.15) is 5.26 Å². The minimum absolute atomic E-state index is 0.0435. The zero-order valence-corrected chi connectivity index (χ0v) is 16.3. The number of nitrogens with one attached hydrogen (secondary N) is 1. The van der Waals surface area contributed by atoms with Crippen LogP contribution in [-0.4, -0.2) is 50.1 Å². The lowest BCUT2D eigenvalue weighted by Gasteiger charge is -2.36. The molecule has 0 unspecified atom stereocenters. The third-order valence-electron chi connectivity index (χ3n) is 4.57. The quantitative estimate of drug-likeness (QED) is 0.794. The molecule has 1 saturated heterocycles. The van der Waals surface area contributed by atoms with E-state index in [9.17, 15) is 4.79 Å². The van der Waals surface area contributed by atoms with Gasteiger partial charge in [0.2, 0.25) is 5.91 Å². The summed E-state index contributed by atoms with van der Waals surface area (Å²) in [7, 11) is 0. The van der Waals surface area contributed by atoms with E-state index in [1.807, 2.05) is 30.5 Å². The number of ether oxygens (including phenoxy) is 1. The van der Waals surface area contributed by atoms with Crippen molar-refractivity contribution in [2.75, 3.05) is 49.5 Å². The van der Waals surface area contributed by atoms with Gasteiger partial charge in [0.1, 0.15) is 16.8 Å². The molecule has 0 spiro atoms. The Kier molecular flexibility index (Phi) is 6.69. The van der Waals surface area contributed by atoms with Crippen LogP contribution in [-0.2, 0) is 4.79 Å². The van der Waals surface area contributed by atoms with Crippen molar-refractivity contribution in [2.24, 2.45) is 0 Å². The number of amides is 1. The standard InChI is InChI=1S/C20H24N4O2S/c1-2-26-18-6-4-3-5-17(18)24-12-10-23(11-13-24)9-7-19(25)22-20-16(15-21)8-14-27-20/h3-6,8,14H,2,7,9-13H2,1H3,(H,22,25). The second-order valence-electron chi connectivity index (χ2n) is 6.30. The number of rotatable bonds is 7. The third kappa shape index (κ3) is 5.00. The van der Waals surface area contributed by atoms with Gasteiger partial charge < -0.3 is 15.0 Å². The van der Waals surface area contributed by atoms with Crippen LogP contribution in [0.2, 0.25) is 0 Å². The average Bonchev–Trinajstić information content (AvgIpc) is 3.14. The van der Waals surface area contributed by atoms with Crippen molar-refractivity contribution in [1.29, 1.82) is 5.26 Å². The van der Waals surface area contributed by atoms with Crippen LogP contribution < -0.4 is 15.0 Å². The Labute approximate surface area is 164 Å². The number of carbonyl (C=O) groups excluding carboxylic acids is 1. The minimum atomic E-state index is -0.0435. The normalized spacial score (nSPS) is 14.6. The van der Waals surface area contributed by atoms with E-state index in [0.717, 1.165) is 44.2 Å². The molecule has 0 radical (unpaired) electrons. The Morgan fingerprint density at radius 3 is 2.78 bits per heavy atom. The summed E-state index contributed by atoms with van der Waals surface area (Å²) in [5, 5.41) is 14.3. The first kappa shape index (κ1) is 19.2. The Hall–Kier alpha value is -2.56. The molecule has 0 aliphatic carbocycles. The second kappa shape index (κ2) is 9.40. The number of para-hydroxylation sites is 2. The van der Waals surface area contributed by atoms with Gasteiger partial charge >= 0.3 is 0 Å². The molecule has 1 aromatic heterocycles. The highest BCUT2D eigenvalue weighted by Gasteiger charge is 2.20. The van der Waals surface area contributed by atoms with Gasteiger partial charge in [0.25, 0.3) is 0 Å². The highest BCUT2D eigenvalue weighted by Crippen LogP contribution is 2.28. The van der Waals surface area contributed by atoms with Crippen molar-refractivity contribution in [1.82, 2.24) is 4.90 Å². The van der Waals surface area contributed by atoms with Crippen molar-refractivity contribution in [3.63, 3.8) is 0 Å². The summed E-state index contributed by atoms with van der Waals surface area (Å²) in [4.78, 5) is 16.8. The summed E-state index contributed by atoms with van der Waals surface area (Å²) in [5.74, 6) is 0.884. The predicted molar refractivity (Wildman–Crippen MR) is 109 cm³/mol. The van der Waals surface area contributed by atoms with Crippen LogP contribution >= 0.6 is 11.3 Å². The number of benzene rings is 1. The van der Waals surface area contributed by atoms with Gasteiger partial charge in [-0.1, -0.05) is 12.1 Å². The van der Waals surface area contributed by atoms with Crippen LogP contribution in [0.5, 0.6) is 5.75 Å². The molecule has 1 aromatic carbocycles. The number of nitrogens with zero attached hydrogens (tertiary/aromatic N) is 3. The Bertz CT molecular complexity index is 806.